The lowest BCUT2D eigenvalue weighted by Gasteiger charge is -2.29. The van der Waals surface area contributed by atoms with E-state index in [4.69, 9.17) is 33.7 Å². The number of nitrogens with zero attached hydrogens (tertiary/aromatic N) is 2. The van der Waals surface area contributed by atoms with Crippen LogP contribution in [0.25, 0.3) is 0 Å². The van der Waals surface area contributed by atoms with E-state index in [1.165, 1.54) is 7.11 Å². The van der Waals surface area contributed by atoms with Gasteiger partial charge in [0.25, 0.3) is 0 Å². The van der Waals surface area contributed by atoms with Gasteiger partial charge in [0, 0.05) is 5.92 Å². The summed E-state index contributed by atoms with van der Waals surface area (Å²) in [7, 11) is 1.27. The van der Waals surface area contributed by atoms with Crippen molar-refractivity contribution in [1.82, 2.24) is 0 Å². The Bertz CT molecular complexity index is 735. The molecule has 0 amide bonds. The van der Waals surface area contributed by atoms with Crippen LogP contribution < -0.4 is 5.73 Å². The second-order valence-electron chi connectivity index (χ2n) is 4.75. The van der Waals surface area contributed by atoms with Crippen LogP contribution in [-0.4, -0.2) is 18.9 Å². The van der Waals surface area contributed by atoms with E-state index in [0.29, 0.717) is 16.3 Å². The van der Waals surface area contributed by atoms with Crippen LogP contribution in [0.5, 0.6) is 0 Å². The van der Waals surface area contributed by atoms with Crippen LogP contribution in [-0.2, 0) is 9.53 Å². The average Bonchev–Trinajstić information content (AvgIpc) is 2.49. The quantitative estimate of drug-likeness (QED) is 0.840. The molecule has 0 bridgehead atoms. The van der Waals surface area contributed by atoms with Gasteiger partial charge < -0.3 is 10.5 Å². The van der Waals surface area contributed by atoms with E-state index in [0.717, 1.165) is 0 Å². The highest BCUT2D eigenvalue weighted by Crippen LogP contribution is 2.42. The van der Waals surface area contributed by atoms with Crippen LogP contribution in [0.15, 0.2) is 34.5 Å². The van der Waals surface area contributed by atoms with E-state index in [-0.39, 0.29) is 16.4 Å². The van der Waals surface area contributed by atoms with Crippen molar-refractivity contribution in [3.8, 4) is 6.07 Å². The van der Waals surface area contributed by atoms with Gasteiger partial charge in [0.05, 0.1) is 34.5 Å². The SMILES string of the molecule is COC(=O)C1=C(C)N=C(N)C(C#N)C1c1cccc(Cl)c1Cl. The van der Waals surface area contributed by atoms with E-state index in [9.17, 15) is 10.1 Å². The van der Waals surface area contributed by atoms with Gasteiger partial charge in [0.15, 0.2) is 0 Å². The monoisotopic (exact) mass is 337 g/mol. The van der Waals surface area contributed by atoms with Crippen molar-refractivity contribution in [2.45, 2.75) is 12.8 Å². The van der Waals surface area contributed by atoms with Gasteiger partial charge in [-0.05, 0) is 18.6 Å². The number of carbonyl (C=O) groups excluding carboxylic acids is 1. The molecule has 0 saturated heterocycles. The molecular formula is C15H13Cl2N3O2. The zero-order valence-corrected chi connectivity index (χ0v) is 13.4. The van der Waals surface area contributed by atoms with E-state index in [1.807, 2.05) is 0 Å². The van der Waals surface area contributed by atoms with Gasteiger partial charge in [-0.2, -0.15) is 5.26 Å². The zero-order chi connectivity index (χ0) is 16.4. The summed E-state index contributed by atoms with van der Waals surface area (Å²) in [6.07, 6.45) is 0. The van der Waals surface area contributed by atoms with Crippen LogP contribution in [0, 0.1) is 17.2 Å². The smallest absolute Gasteiger partial charge is 0.336 e. The third-order valence-corrected chi connectivity index (χ3v) is 4.34. The summed E-state index contributed by atoms with van der Waals surface area (Å²) in [4.78, 5) is 16.2. The minimum atomic E-state index is -0.825. The van der Waals surface area contributed by atoms with Gasteiger partial charge in [0.2, 0.25) is 0 Å². The van der Waals surface area contributed by atoms with Crippen LogP contribution in [0.2, 0.25) is 10.0 Å². The van der Waals surface area contributed by atoms with Crippen LogP contribution in [0.3, 0.4) is 0 Å². The molecule has 0 aromatic heterocycles. The summed E-state index contributed by atoms with van der Waals surface area (Å²) in [6.45, 7) is 1.64. The molecule has 1 aliphatic heterocycles. The molecule has 0 spiro atoms. The van der Waals surface area contributed by atoms with Gasteiger partial charge in [0.1, 0.15) is 11.8 Å². The topological polar surface area (TPSA) is 88.5 Å². The van der Waals surface area contributed by atoms with Gasteiger partial charge in [-0.3, -0.25) is 0 Å². The number of carbonyl (C=O) groups is 1. The summed E-state index contributed by atoms with van der Waals surface area (Å²) in [6, 6.07) is 7.11. The average molecular weight is 338 g/mol. The van der Waals surface area contributed by atoms with Gasteiger partial charge in [-0.25, -0.2) is 9.79 Å². The lowest BCUT2D eigenvalue weighted by Crippen LogP contribution is -2.35. The molecule has 1 heterocycles. The molecule has 0 radical (unpaired) electrons. The maximum absolute atomic E-state index is 12.1. The number of hydrogen-bond donors (Lipinski definition) is 1. The van der Waals surface area contributed by atoms with E-state index in [2.05, 4.69) is 11.1 Å². The maximum atomic E-state index is 12.1. The molecule has 7 heteroatoms. The highest BCUT2D eigenvalue weighted by molar-refractivity contribution is 6.42. The Morgan fingerprint density at radius 3 is 2.73 bits per heavy atom. The molecule has 2 atom stereocenters. The van der Waals surface area contributed by atoms with Gasteiger partial charge in [-0.1, -0.05) is 35.3 Å². The predicted octanol–water partition coefficient (Wildman–Crippen LogP) is 3.03. The maximum Gasteiger partial charge on any atom is 0.336 e. The Morgan fingerprint density at radius 2 is 2.14 bits per heavy atom. The first-order valence-corrected chi connectivity index (χ1v) is 7.14. The Hall–Kier alpha value is -2.03. The molecule has 0 aliphatic carbocycles. The molecule has 2 rings (SSSR count). The fraction of sp³-hybridized carbons (Fsp3) is 0.267. The number of hydrogen-bond acceptors (Lipinski definition) is 5. The van der Waals surface area contributed by atoms with Crippen LogP contribution in [0.1, 0.15) is 18.4 Å². The van der Waals surface area contributed by atoms with Crippen molar-refractivity contribution < 1.29 is 9.53 Å². The summed E-state index contributed by atoms with van der Waals surface area (Å²) in [5, 5.41) is 10.1. The number of amidine groups is 1. The molecule has 1 aromatic rings. The number of ether oxygens (including phenoxy) is 1. The van der Waals surface area contributed by atoms with Gasteiger partial charge >= 0.3 is 5.97 Å². The molecule has 2 N–H and O–H groups in total. The second kappa shape index (κ2) is 6.39. The normalized spacial score (nSPS) is 21.1. The molecule has 114 valence electrons. The van der Waals surface area contributed by atoms with E-state index in [1.54, 1.807) is 25.1 Å². The summed E-state index contributed by atoms with van der Waals surface area (Å²) < 4.78 is 4.82. The fourth-order valence-corrected chi connectivity index (χ4v) is 2.93. The summed E-state index contributed by atoms with van der Waals surface area (Å²) in [5.41, 5.74) is 7.06. The van der Waals surface area contributed by atoms with Crippen molar-refractivity contribution in [1.29, 1.82) is 5.26 Å². The number of aliphatic imine (C=N–C) groups is 1. The van der Waals surface area contributed by atoms with E-state index < -0.39 is 17.8 Å². The van der Waals surface area contributed by atoms with Crippen molar-refractivity contribution in [2.24, 2.45) is 16.6 Å². The summed E-state index contributed by atoms with van der Waals surface area (Å²) in [5.74, 6) is -1.95. The zero-order valence-electron chi connectivity index (χ0n) is 11.9. The Morgan fingerprint density at radius 1 is 1.45 bits per heavy atom. The number of nitriles is 1. The fourth-order valence-electron chi connectivity index (χ4n) is 2.51. The minimum Gasteiger partial charge on any atom is -0.466 e. The lowest BCUT2D eigenvalue weighted by molar-refractivity contribution is -0.136. The highest BCUT2D eigenvalue weighted by atomic mass is 35.5. The number of benzene rings is 1. The number of allylic oxidation sites excluding steroid dienone is 1. The molecular weight excluding hydrogens is 325 g/mol. The molecule has 0 saturated carbocycles. The van der Waals surface area contributed by atoms with Crippen molar-refractivity contribution >= 4 is 35.0 Å². The van der Waals surface area contributed by atoms with Crippen molar-refractivity contribution in [3.05, 3.63) is 45.1 Å². The Kier molecular flexibility index (Phi) is 4.74. The number of nitrogens with two attached hydrogens (primary N) is 1. The van der Waals surface area contributed by atoms with E-state index >= 15 is 0 Å². The third kappa shape index (κ3) is 2.68. The number of methoxy groups -OCH3 is 1. The first-order chi connectivity index (χ1) is 10.4. The molecule has 2 unspecified atom stereocenters. The second-order valence-corrected chi connectivity index (χ2v) is 5.54. The molecule has 22 heavy (non-hydrogen) atoms. The number of esters is 1. The standard InChI is InChI=1S/C15H13Cl2N3O2/c1-7-11(15(21)22-2)12(9(6-18)14(19)20-7)8-4-3-5-10(16)13(8)17/h3-5,9,12H,1-2H3,(H2,19,20). The minimum absolute atomic E-state index is 0.133. The van der Waals surface area contributed by atoms with Gasteiger partial charge in [-0.15, -0.1) is 0 Å². The first-order valence-electron chi connectivity index (χ1n) is 6.39. The van der Waals surface area contributed by atoms with Crippen LogP contribution in [0.4, 0.5) is 0 Å². The third-order valence-electron chi connectivity index (χ3n) is 3.51. The van der Waals surface area contributed by atoms with Crippen LogP contribution >= 0.6 is 23.2 Å². The molecule has 0 fully saturated rings. The predicted molar refractivity (Wildman–Crippen MR) is 84.6 cm³/mol. The Labute approximate surface area is 138 Å². The molecule has 1 aliphatic rings. The first kappa shape index (κ1) is 16.3. The number of rotatable bonds is 2. The highest BCUT2D eigenvalue weighted by Gasteiger charge is 2.39. The summed E-state index contributed by atoms with van der Waals surface area (Å²) >= 11 is 12.3. The van der Waals surface area contributed by atoms with Crippen molar-refractivity contribution in [3.63, 3.8) is 0 Å². The number of halogens is 2. The lowest BCUT2D eigenvalue weighted by atomic mass is 9.78. The Balaban J connectivity index is 2.72. The molecule has 1 aromatic carbocycles. The largest absolute Gasteiger partial charge is 0.466 e. The molecule has 5 nitrogen and oxygen atoms in total. The van der Waals surface area contributed by atoms with Crippen molar-refractivity contribution in [2.75, 3.05) is 7.11 Å².